The van der Waals surface area contributed by atoms with Gasteiger partial charge < -0.3 is 19.9 Å². The lowest BCUT2D eigenvalue weighted by molar-refractivity contribution is -0.112. The quantitative estimate of drug-likeness (QED) is 0.644. The van der Waals surface area contributed by atoms with E-state index in [0.717, 1.165) is 25.9 Å². The Bertz CT molecular complexity index is 691. The number of likely N-dealkylation sites (tertiary alicyclic amines) is 1. The van der Waals surface area contributed by atoms with Crippen molar-refractivity contribution in [2.45, 2.75) is 18.9 Å². The Morgan fingerprint density at radius 1 is 1.48 bits per heavy atom. The van der Waals surface area contributed by atoms with Crippen LogP contribution in [0.15, 0.2) is 30.0 Å². The molecule has 1 aliphatic rings. The van der Waals surface area contributed by atoms with Crippen molar-refractivity contribution in [1.29, 1.82) is 5.26 Å². The van der Waals surface area contributed by atoms with E-state index in [0.29, 0.717) is 22.5 Å². The average molecular weight is 363 g/mol. The predicted octanol–water partition coefficient (Wildman–Crippen LogP) is 2.72. The minimum atomic E-state index is -0.483. The molecule has 1 fully saturated rings. The molecule has 2 rings (SSSR count). The van der Waals surface area contributed by atoms with Crippen LogP contribution < -0.4 is 10.1 Å². The number of anilines is 1. The van der Waals surface area contributed by atoms with Gasteiger partial charge in [-0.3, -0.25) is 4.79 Å². The molecule has 0 unspecified atom stereocenters. The molecule has 1 aliphatic heterocycles. The summed E-state index contributed by atoms with van der Waals surface area (Å²) in [6, 6.07) is 7.23. The smallest absolute Gasteiger partial charge is 0.267 e. The maximum Gasteiger partial charge on any atom is 0.267 e. The summed E-state index contributed by atoms with van der Waals surface area (Å²) in [5.74, 6) is 0.00144. The molecule has 1 N–H and O–H groups in total. The highest BCUT2D eigenvalue weighted by atomic mass is 35.5. The van der Waals surface area contributed by atoms with Gasteiger partial charge in [0.15, 0.2) is 0 Å². The van der Waals surface area contributed by atoms with Gasteiger partial charge in [-0.05, 0) is 51.2 Å². The highest BCUT2D eigenvalue weighted by Crippen LogP contribution is 2.28. The van der Waals surface area contributed by atoms with E-state index < -0.39 is 5.91 Å². The molecule has 1 heterocycles. The van der Waals surface area contributed by atoms with Crippen LogP contribution in [0, 0.1) is 11.3 Å². The summed E-state index contributed by atoms with van der Waals surface area (Å²) in [6.45, 7) is 2.02. The van der Waals surface area contributed by atoms with Crippen molar-refractivity contribution >= 4 is 23.2 Å². The summed E-state index contributed by atoms with van der Waals surface area (Å²) in [7, 11) is 5.51. The molecule has 0 spiro atoms. The lowest BCUT2D eigenvalue weighted by Gasteiger charge is -2.34. The topological polar surface area (TPSA) is 68.6 Å². The summed E-state index contributed by atoms with van der Waals surface area (Å²) in [6.07, 6.45) is 3.63. The molecule has 25 heavy (non-hydrogen) atoms. The monoisotopic (exact) mass is 362 g/mol. The Labute approximate surface area is 153 Å². The maximum absolute atomic E-state index is 12.5. The van der Waals surface area contributed by atoms with Gasteiger partial charge in [0.1, 0.15) is 17.4 Å². The van der Waals surface area contributed by atoms with Gasteiger partial charge in [-0.1, -0.05) is 11.6 Å². The Hall–Kier alpha value is -2.23. The van der Waals surface area contributed by atoms with E-state index in [1.165, 1.54) is 7.11 Å². The first-order valence-electron chi connectivity index (χ1n) is 8.12. The number of methoxy groups -OCH3 is 1. The summed E-state index contributed by atoms with van der Waals surface area (Å²) < 4.78 is 5.21. The number of rotatable bonds is 5. The highest BCUT2D eigenvalue weighted by molar-refractivity contribution is 6.31. The second-order valence-corrected chi connectivity index (χ2v) is 6.59. The standard InChI is InChI=1S/C18H23ClN4O2/c1-22-8-6-15(7-9-22)23(2)12-13(11-20)18(24)21-16-10-14(19)4-5-17(16)25-3/h4-5,10,12,15H,6-9H2,1-3H3,(H,21,24)/b13-12-. The zero-order valence-corrected chi connectivity index (χ0v) is 15.5. The van der Waals surface area contributed by atoms with E-state index in [1.807, 2.05) is 18.0 Å². The molecule has 1 aromatic rings. The fourth-order valence-electron chi connectivity index (χ4n) is 2.82. The van der Waals surface area contributed by atoms with E-state index in [2.05, 4.69) is 17.3 Å². The van der Waals surface area contributed by atoms with Crippen LogP contribution in [-0.2, 0) is 4.79 Å². The molecule has 0 atom stereocenters. The number of hydrogen-bond donors (Lipinski definition) is 1. The van der Waals surface area contributed by atoms with Gasteiger partial charge in [0, 0.05) is 24.3 Å². The predicted molar refractivity (Wildman–Crippen MR) is 98.6 cm³/mol. The molecule has 0 aliphatic carbocycles. The number of piperidine rings is 1. The third kappa shape index (κ3) is 5.12. The van der Waals surface area contributed by atoms with Gasteiger partial charge in [-0.2, -0.15) is 5.26 Å². The number of nitrogens with zero attached hydrogens (tertiary/aromatic N) is 3. The molecule has 134 valence electrons. The first kappa shape index (κ1) is 19.1. The van der Waals surface area contributed by atoms with Crippen molar-refractivity contribution in [3.05, 3.63) is 35.0 Å². The number of benzene rings is 1. The first-order valence-corrected chi connectivity index (χ1v) is 8.49. The summed E-state index contributed by atoms with van der Waals surface area (Å²) >= 11 is 5.97. The van der Waals surface area contributed by atoms with Crippen molar-refractivity contribution in [3.63, 3.8) is 0 Å². The molecule has 1 amide bonds. The summed E-state index contributed by atoms with van der Waals surface area (Å²) in [5.41, 5.74) is 0.478. The van der Waals surface area contributed by atoms with Crippen molar-refractivity contribution in [1.82, 2.24) is 9.80 Å². The Balaban J connectivity index is 2.10. The molecule has 1 saturated heterocycles. The fourth-order valence-corrected chi connectivity index (χ4v) is 2.99. The van der Waals surface area contributed by atoms with E-state index in [-0.39, 0.29) is 5.57 Å². The highest BCUT2D eigenvalue weighted by Gasteiger charge is 2.21. The number of halogens is 1. The number of nitriles is 1. The van der Waals surface area contributed by atoms with Crippen molar-refractivity contribution in [2.24, 2.45) is 0 Å². The van der Waals surface area contributed by atoms with Gasteiger partial charge >= 0.3 is 0 Å². The number of carbonyl (C=O) groups excluding carboxylic acids is 1. The SMILES string of the molecule is COc1ccc(Cl)cc1NC(=O)/C(C#N)=C\N(C)C1CCN(C)CC1. The number of nitrogens with one attached hydrogen (secondary N) is 1. The van der Waals surface area contributed by atoms with Crippen LogP contribution in [-0.4, -0.2) is 56.0 Å². The van der Waals surface area contributed by atoms with Gasteiger partial charge in [-0.25, -0.2) is 0 Å². The van der Waals surface area contributed by atoms with Gasteiger partial charge in [0.05, 0.1) is 12.8 Å². The lowest BCUT2D eigenvalue weighted by Crippen LogP contribution is -2.40. The molecule has 1 aromatic carbocycles. The van der Waals surface area contributed by atoms with Gasteiger partial charge in [-0.15, -0.1) is 0 Å². The van der Waals surface area contributed by atoms with Crippen LogP contribution in [0.25, 0.3) is 0 Å². The normalized spacial score (nSPS) is 16.2. The largest absolute Gasteiger partial charge is 0.495 e. The molecule has 0 bridgehead atoms. The third-order valence-corrected chi connectivity index (χ3v) is 4.61. The number of ether oxygens (including phenoxy) is 1. The van der Waals surface area contributed by atoms with Crippen LogP contribution in [0.4, 0.5) is 5.69 Å². The lowest BCUT2D eigenvalue weighted by atomic mass is 10.0. The van der Waals surface area contributed by atoms with E-state index in [1.54, 1.807) is 24.4 Å². The zero-order valence-electron chi connectivity index (χ0n) is 14.8. The van der Waals surface area contributed by atoms with Crippen molar-refractivity contribution in [2.75, 3.05) is 39.6 Å². The summed E-state index contributed by atoms with van der Waals surface area (Å²) in [4.78, 5) is 16.7. The fraction of sp³-hybridized carbons (Fsp3) is 0.444. The minimum Gasteiger partial charge on any atom is -0.495 e. The van der Waals surface area contributed by atoms with E-state index in [4.69, 9.17) is 16.3 Å². The molecule has 0 radical (unpaired) electrons. The maximum atomic E-state index is 12.5. The Morgan fingerprint density at radius 2 is 2.16 bits per heavy atom. The third-order valence-electron chi connectivity index (χ3n) is 4.37. The van der Waals surface area contributed by atoms with Crippen LogP contribution in [0.1, 0.15) is 12.8 Å². The molecular formula is C18H23ClN4O2. The van der Waals surface area contributed by atoms with Crippen LogP contribution in [0.3, 0.4) is 0 Å². The minimum absolute atomic E-state index is 0.0449. The number of amides is 1. The molecule has 6 nitrogen and oxygen atoms in total. The Morgan fingerprint density at radius 3 is 2.76 bits per heavy atom. The second-order valence-electron chi connectivity index (χ2n) is 6.15. The van der Waals surface area contributed by atoms with Gasteiger partial charge in [0.25, 0.3) is 5.91 Å². The van der Waals surface area contributed by atoms with Crippen LogP contribution in [0.5, 0.6) is 5.75 Å². The molecule has 0 saturated carbocycles. The zero-order chi connectivity index (χ0) is 18.4. The molecular weight excluding hydrogens is 340 g/mol. The van der Waals surface area contributed by atoms with E-state index >= 15 is 0 Å². The number of carbonyl (C=O) groups is 1. The second kappa shape index (κ2) is 8.75. The first-order chi connectivity index (χ1) is 11.9. The summed E-state index contributed by atoms with van der Waals surface area (Å²) in [5, 5.41) is 12.5. The number of hydrogen-bond acceptors (Lipinski definition) is 5. The van der Waals surface area contributed by atoms with Gasteiger partial charge in [0.2, 0.25) is 0 Å². The average Bonchev–Trinajstić information content (AvgIpc) is 2.60. The molecule has 0 aromatic heterocycles. The van der Waals surface area contributed by atoms with Crippen molar-refractivity contribution in [3.8, 4) is 11.8 Å². The Kier molecular flexibility index (Phi) is 6.68. The van der Waals surface area contributed by atoms with Crippen molar-refractivity contribution < 1.29 is 9.53 Å². The van der Waals surface area contributed by atoms with Crippen LogP contribution in [0.2, 0.25) is 5.02 Å². The van der Waals surface area contributed by atoms with Crippen LogP contribution >= 0.6 is 11.6 Å². The van der Waals surface area contributed by atoms with E-state index in [9.17, 15) is 10.1 Å². The molecule has 7 heteroatoms.